The lowest BCUT2D eigenvalue weighted by Crippen LogP contribution is -2.62. The van der Waals surface area contributed by atoms with Crippen LogP contribution in [0.3, 0.4) is 0 Å². The number of aryl methyl sites for hydroxylation is 2. The molecule has 9 nitrogen and oxygen atoms in total. The van der Waals surface area contributed by atoms with Crippen LogP contribution >= 0.6 is 0 Å². The van der Waals surface area contributed by atoms with Crippen molar-refractivity contribution in [3.05, 3.63) is 53.2 Å². The van der Waals surface area contributed by atoms with Crippen molar-refractivity contribution in [2.75, 3.05) is 37.7 Å². The molecule has 2 saturated heterocycles. The number of piperazine rings is 1. The van der Waals surface area contributed by atoms with Gasteiger partial charge in [-0.1, -0.05) is 19.9 Å². The van der Waals surface area contributed by atoms with Gasteiger partial charge in [-0.05, 0) is 57.2 Å². The fraction of sp³-hybridized carbons (Fsp3) is 0.600. The second-order valence-electron chi connectivity index (χ2n) is 11.3. The van der Waals surface area contributed by atoms with Gasteiger partial charge in [-0.3, -0.25) is 9.80 Å². The maximum atomic E-state index is 13.9. The fourth-order valence-electron chi connectivity index (χ4n) is 6.38. The lowest BCUT2D eigenvalue weighted by molar-refractivity contribution is 0.0288. The molecule has 0 spiro atoms. The summed E-state index contributed by atoms with van der Waals surface area (Å²) >= 11 is 0. The van der Waals surface area contributed by atoms with Crippen molar-refractivity contribution in [1.29, 1.82) is 0 Å². The number of halogens is 2. The summed E-state index contributed by atoms with van der Waals surface area (Å²) in [5.74, 6) is 0.162. The minimum atomic E-state index is -0.876. The SMILES string of the molecule is CCCc1nnc(-c2cnc(N3C[C@H](CC)N(C4CCN(C(CO)c5ccc(F)c(F)c5)CC4)C[C@H]3C)c(C)n2)o1. The number of hydrogen-bond acceptors (Lipinski definition) is 9. The van der Waals surface area contributed by atoms with E-state index in [-0.39, 0.29) is 18.7 Å². The summed E-state index contributed by atoms with van der Waals surface area (Å²) in [6.07, 6.45) is 6.35. The molecule has 1 aromatic carbocycles. The first-order valence-electron chi connectivity index (χ1n) is 14.8. The quantitative estimate of drug-likeness (QED) is 0.398. The number of hydrogen-bond donors (Lipinski definition) is 1. The van der Waals surface area contributed by atoms with Gasteiger partial charge in [-0.25, -0.2) is 18.7 Å². The smallest absolute Gasteiger partial charge is 0.267 e. The van der Waals surface area contributed by atoms with Crippen molar-refractivity contribution in [2.24, 2.45) is 0 Å². The predicted molar refractivity (Wildman–Crippen MR) is 152 cm³/mol. The Labute approximate surface area is 240 Å². The van der Waals surface area contributed by atoms with Crippen LogP contribution in [-0.4, -0.2) is 86.0 Å². The van der Waals surface area contributed by atoms with Crippen LogP contribution in [0.5, 0.6) is 0 Å². The molecule has 4 heterocycles. The first kappa shape index (κ1) is 29.5. The van der Waals surface area contributed by atoms with Gasteiger partial charge in [0.1, 0.15) is 11.5 Å². The first-order valence-corrected chi connectivity index (χ1v) is 14.8. The van der Waals surface area contributed by atoms with E-state index < -0.39 is 11.6 Å². The highest BCUT2D eigenvalue weighted by Gasteiger charge is 2.38. The third-order valence-electron chi connectivity index (χ3n) is 8.61. The van der Waals surface area contributed by atoms with Gasteiger partial charge in [0, 0.05) is 50.7 Å². The number of aliphatic hydroxyl groups is 1. The number of rotatable bonds is 9. The van der Waals surface area contributed by atoms with Gasteiger partial charge in [0.05, 0.1) is 24.5 Å². The van der Waals surface area contributed by atoms with E-state index in [0.29, 0.717) is 35.1 Å². The summed E-state index contributed by atoms with van der Waals surface area (Å²) in [4.78, 5) is 16.8. The number of aromatic nitrogens is 4. The van der Waals surface area contributed by atoms with E-state index in [0.717, 1.165) is 75.9 Å². The van der Waals surface area contributed by atoms with Gasteiger partial charge in [-0.15, -0.1) is 10.2 Å². The van der Waals surface area contributed by atoms with Crippen molar-refractivity contribution < 1.29 is 18.3 Å². The topological polar surface area (TPSA) is 94.7 Å². The Kier molecular flexibility index (Phi) is 9.25. The molecule has 41 heavy (non-hydrogen) atoms. The molecule has 1 N–H and O–H groups in total. The molecule has 3 aromatic rings. The minimum Gasteiger partial charge on any atom is -0.419 e. The second kappa shape index (κ2) is 12.9. The number of piperidine rings is 1. The average Bonchev–Trinajstić information content (AvgIpc) is 3.45. The molecule has 222 valence electrons. The molecule has 1 unspecified atom stereocenters. The number of benzene rings is 1. The lowest BCUT2D eigenvalue weighted by Gasteiger charge is -2.51. The number of aliphatic hydroxyl groups excluding tert-OH is 1. The van der Waals surface area contributed by atoms with Gasteiger partial charge >= 0.3 is 0 Å². The molecular formula is C30H41F2N7O2. The van der Waals surface area contributed by atoms with Crippen molar-refractivity contribution in [3.63, 3.8) is 0 Å². The van der Waals surface area contributed by atoms with Crippen LogP contribution in [0, 0.1) is 18.6 Å². The van der Waals surface area contributed by atoms with E-state index in [1.807, 2.05) is 6.92 Å². The van der Waals surface area contributed by atoms with Crippen molar-refractivity contribution in [3.8, 4) is 11.6 Å². The zero-order valence-corrected chi connectivity index (χ0v) is 24.4. The predicted octanol–water partition coefficient (Wildman–Crippen LogP) is 4.55. The monoisotopic (exact) mass is 569 g/mol. The normalized spacial score (nSPS) is 21.9. The van der Waals surface area contributed by atoms with Gasteiger partial charge in [0.2, 0.25) is 5.89 Å². The van der Waals surface area contributed by atoms with Gasteiger partial charge in [0.15, 0.2) is 11.6 Å². The molecule has 11 heteroatoms. The average molecular weight is 570 g/mol. The first-order chi connectivity index (χ1) is 19.8. The molecule has 2 fully saturated rings. The zero-order valence-electron chi connectivity index (χ0n) is 24.4. The van der Waals surface area contributed by atoms with E-state index in [4.69, 9.17) is 14.4 Å². The number of anilines is 1. The lowest BCUT2D eigenvalue weighted by atomic mass is 9.94. The molecule has 3 atom stereocenters. The highest BCUT2D eigenvalue weighted by molar-refractivity contribution is 5.52. The third-order valence-corrected chi connectivity index (χ3v) is 8.61. The van der Waals surface area contributed by atoms with Gasteiger partial charge in [0.25, 0.3) is 5.89 Å². The van der Waals surface area contributed by atoms with Crippen LogP contribution in [0.25, 0.3) is 11.6 Å². The Morgan fingerprint density at radius 2 is 1.88 bits per heavy atom. The van der Waals surface area contributed by atoms with Crippen LogP contribution in [0.4, 0.5) is 14.6 Å². The molecule has 0 amide bonds. The Hall–Kier alpha value is -3.02. The van der Waals surface area contributed by atoms with Crippen molar-refractivity contribution in [1.82, 2.24) is 30.0 Å². The molecule has 2 aromatic heterocycles. The van der Waals surface area contributed by atoms with Crippen LogP contribution in [0.2, 0.25) is 0 Å². The Morgan fingerprint density at radius 1 is 1.10 bits per heavy atom. The second-order valence-corrected chi connectivity index (χ2v) is 11.3. The van der Waals surface area contributed by atoms with Crippen LogP contribution in [0.15, 0.2) is 28.8 Å². The Morgan fingerprint density at radius 3 is 2.54 bits per heavy atom. The van der Waals surface area contributed by atoms with E-state index >= 15 is 0 Å². The summed E-state index contributed by atoms with van der Waals surface area (Å²) in [5.41, 5.74) is 2.05. The highest BCUT2D eigenvalue weighted by atomic mass is 19.2. The standard InChI is InChI=1S/C30H41F2N7O2/c1-5-7-28-35-36-30(41-28)26-15-33-29(20(4)34-26)38-17-22(6-2)39(16-19(38)3)23-10-12-37(13-11-23)27(18-40)21-8-9-24(31)25(32)14-21/h8-9,14-15,19,22-23,27,40H,5-7,10-13,16-18H2,1-4H3/t19-,22+,27?/m1/s1. The maximum Gasteiger partial charge on any atom is 0.267 e. The Bertz CT molecular complexity index is 1310. The molecule has 0 radical (unpaired) electrons. The largest absolute Gasteiger partial charge is 0.419 e. The summed E-state index contributed by atoms with van der Waals surface area (Å²) < 4.78 is 33.1. The van der Waals surface area contributed by atoms with Gasteiger partial charge < -0.3 is 14.4 Å². The summed E-state index contributed by atoms with van der Waals surface area (Å²) in [7, 11) is 0. The minimum absolute atomic E-state index is 0.130. The van der Waals surface area contributed by atoms with Crippen LogP contribution in [0.1, 0.15) is 69.6 Å². The molecule has 0 bridgehead atoms. The van der Waals surface area contributed by atoms with Crippen molar-refractivity contribution >= 4 is 5.82 Å². The highest BCUT2D eigenvalue weighted by Crippen LogP contribution is 2.32. The number of likely N-dealkylation sites (tertiary alicyclic amines) is 1. The van der Waals surface area contributed by atoms with Crippen LogP contribution in [-0.2, 0) is 6.42 Å². The maximum absolute atomic E-state index is 13.9. The van der Waals surface area contributed by atoms with Crippen LogP contribution < -0.4 is 4.90 Å². The van der Waals surface area contributed by atoms with E-state index in [1.54, 1.807) is 12.3 Å². The summed E-state index contributed by atoms with van der Waals surface area (Å²) in [6.45, 7) is 11.8. The molecule has 0 saturated carbocycles. The molecule has 2 aliphatic rings. The molecule has 5 rings (SSSR count). The molecule has 2 aliphatic heterocycles. The van der Waals surface area contributed by atoms with E-state index in [9.17, 15) is 13.9 Å². The van der Waals surface area contributed by atoms with E-state index in [1.165, 1.54) is 6.07 Å². The summed E-state index contributed by atoms with van der Waals surface area (Å²) in [6, 6.07) is 4.63. The third kappa shape index (κ3) is 6.27. The van der Waals surface area contributed by atoms with E-state index in [2.05, 4.69) is 45.7 Å². The summed E-state index contributed by atoms with van der Waals surface area (Å²) in [5, 5.41) is 18.3. The van der Waals surface area contributed by atoms with Crippen molar-refractivity contribution in [2.45, 2.75) is 84.0 Å². The molecule has 0 aliphatic carbocycles. The zero-order chi connectivity index (χ0) is 29.1. The fourth-order valence-corrected chi connectivity index (χ4v) is 6.38. The number of nitrogens with zero attached hydrogens (tertiary/aromatic N) is 7. The molecular weight excluding hydrogens is 528 g/mol. The van der Waals surface area contributed by atoms with Gasteiger partial charge in [-0.2, -0.15) is 0 Å². The Balaban J connectivity index is 1.24.